The number of rotatable bonds is 1. The second kappa shape index (κ2) is 3.74. The van der Waals surface area contributed by atoms with E-state index in [1.807, 2.05) is 0 Å². The molecular weight excluding hydrogens is 148 g/mol. The molecule has 0 spiro atoms. The number of hydrogen-bond donors (Lipinski definition) is 1. The largest absolute Gasteiger partial charge is 0.388 e. The third kappa shape index (κ3) is 1.87. The minimum Gasteiger partial charge on any atom is -0.388 e. The lowest BCUT2D eigenvalue weighted by molar-refractivity contribution is 0.739. The molecule has 1 N–H and O–H groups in total. The van der Waals surface area contributed by atoms with E-state index in [9.17, 15) is 0 Å². The van der Waals surface area contributed by atoms with E-state index < -0.39 is 0 Å². The van der Waals surface area contributed by atoms with Gasteiger partial charge in [0.05, 0.1) is 0 Å². The van der Waals surface area contributed by atoms with Gasteiger partial charge in [-0.15, -0.1) is 0 Å². The van der Waals surface area contributed by atoms with E-state index in [0.717, 1.165) is 13.1 Å². The molecule has 0 atom stereocenters. The molecule has 0 unspecified atom stereocenters. The van der Waals surface area contributed by atoms with Gasteiger partial charge in [0.1, 0.15) is 0 Å². The fraction of sp³-hybridized carbons (Fsp3) is 0.700. The van der Waals surface area contributed by atoms with Crippen molar-refractivity contribution in [2.75, 3.05) is 13.1 Å². The van der Waals surface area contributed by atoms with Crippen molar-refractivity contribution < 1.29 is 0 Å². The molecule has 1 fully saturated rings. The molecule has 2 heteroatoms. The molecule has 0 saturated carbocycles. The summed E-state index contributed by atoms with van der Waals surface area (Å²) in [4.78, 5) is 4.49. The Morgan fingerprint density at radius 3 is 2.83 bits per heavy atom. The third-order valence-electron chi connectivity index (χ3n) is 2.47. The highest BCUT2D eigenvalue weighted by Crippen LogP contribution is 2.12. The van der Waals surface area contributed by atoms with Crippen LogP contribution in [0.3, 0.4) is 0 Å². The maximum atomic E-state index is 4.49. The monoisotopic (exact) mass is 164 g/mol. The fourth-order valence-electron chi connectivity index (χ4n) is 1.78. The second-order valence-electron chi connectivity index (χ2n) is 3.53. The summed E-state index contributed by atoms with van der Waals surface area (Å²) in [5.41, 5.74) is 2.71. The first-order chi connectivity index (χ1) is 5.95. The van der Waals surface area contributed by atoms with Crippen LogP contribution >= 0.6 is 0 Å². The Hall–Kier alpha value is -0.790. The fourth-order valence-corrected chi connectivity index (χ4v) is 1.78. The smallest absolute Gasteiger partial charge is 0.0392 e. The van der Waals surface area contributed by atoms with Crippen LogP contribution in [0.25, 0.3) is 0 Å². The molecule has 0 aromatic heterocycles. The van der Waals surface area contributed by atoms with Crippen LogP contribution in [0.1, 0.15) is 32.1 Å². The summed E-state index contributed by atoms with van der Waals surface area (Å²) in [7, 11) is 0. The van der Waals surface area contributed by atoms with Crippen LogP contribution in [0.5, 0.6) is 0 Å². The number of nitrogens with zero attached hydrogens (tertiary/aromatic N) is 1. The first-order valence-corrected chi connectivity index (χ1v) is 4.93. The van der Waals surface area contributed by atoms with Gasteiger partial charge in [-0.2, -0.15) is 0 Å². The van der Waals surface area contributed by atoms with Crippen molar-refractivity contribution in [2.45, 2.75) is 32.1 Å². The van der Waals surface area contributed by atoms with Crippen LogP contribution in [0.15, 0.2) is 16.8 Å². The summed E-state index contributed by atoms with van der Waals surface area (Å²) < 4.78 is 0. The average Bonchev–Trinajstić information content (AvgIpc) is 2.59. The molecule has 2 heterocycles. The highest BCUT2D eigenvalue weighted by molar-refractivity contribution is 5.95. The van der Waals surface area contributed by atoms with E-state index in [-0.39, 0.29) is 0 Å². The maximum Gasteiger partial charge on any atom is 0.0392 e. The van der Waals surface area contributed by atoms with Crippen LogP contribution in [0.2, 0.25) is 0 Å². The van der Waals surface area contributed by atoms with Crippen molar-refractivity contribution >= 4 is 5.71 Å². The van der Waals surface area contributed by atoms with E-state index in [1.165, 1.54) is 43.5 Å². The number of aliphatic imine (C=N–C) groups is 1. The molecule has 2 aliphatic heterocycles. The molecule has 0 amide bonds. The molecule has 0 aromatic carbocycles. The molecule has 12 heavy (non-hydrogen) atoms. The highest BCUT2D eigenvalue weighted by atomic mass is 14.9. The predicted octanol–water partition coefficient (Wildman–Crippen LogP) is 1.88. The number of allylic oxidation sites excluding steroid dienone is 2. The highest BCUT2D eigenvalue weighted by Gasteiger charge is 2.07. The Labute approximate surface area is 73.8 Å². The van der Waals surface area contributed by atoms with Crippen molar-refractivity contribution in [1.29, 1.82) is 0 Å². The van der Waals surface area contributed by atoms with Gasteiger partial charge in [-0.05, 0) is 38.2 Å². The summed E-state index contributed by atoms with van der Waals surface area (Å²) >= 11 is 0. The average molecular weight is 164 g/mol. The SMILES string of the molecule is C(/C1=NCCCC1)=C1/CCCN1. The van der Waals surface area contributed by atoms with Gasteiger partial charge in [-0.3, -0.25) is 4.99 Å². The van der Waals surface area contributed by atoms with Gasteiger partial charge in [0.2, 0.25) is 0 Å². The van der Waals surface area contributed by atoms with Crippen molar-refractivity contribution in [1.82, 2.24) is 5.32 Å². The van der Waals surface area contributed by atoms with Crippen LogP contribution in [-0.2, 0) is 0 Å². The van der Waals surface area contributed by atoms with Gasteiger partial charge in [0, 0.05) is 24.5 Å². The normalized spacial score (nSPS) is 27.0. The molecule has 2 rings (SSSR count). The predicted molar refractivity (Wildman–Crippen MR) is 51.5 cm³/mol. The zero-order valence-electron chi connectivity index (χ0n) is 7.47. The molecule has 1 saturated heterocycles. The third-order valence-corrected chi connectivity index (χ3v) is 2.47. The standard InChI is InChI=1S/C10H16N2/c1-2-6-11-9(4-1)8-10-5-3-7-12-10/h8,12H,1-7H2/b10-8+. The lowest BCUT2D eigenvalue weighted by Gasteiger charge is -2.08. The van der Waals surface area contributed by atoms with E-state index in [4.69, 9.17) is 0 Å². The summed E-state index contributed by atoms with van der Waals surface area (Å²) in [5, 5.41) is 3.38. The van der Waals surface area contributed by atoms with Gasteiger partial charge in [-0.25, -0.2) is 0 Å². The number of hydrogen-bond acceptors (Lipinski definition) is 2. The summed E-state index contributed by atoms with van der Waals surface area (Å²) in [6, 6.07) is 0. The Balaban J connectivity index is 1.99. The van der Waals surface area contributed by atoms with E-state index in [0.29, 0.717) is 0 Å². The second-order valence-corrected chi connectivity index (χ2v) is 3.53. The Morgan fingerprint density at radius 2 is 2.17 bits per heavy atom. The molecule has 0 radical (unpaired) electrons. The number of nitrogens with one attached hydrogen (secondary N) is 1. The summed E-state index contributed by atoms with van der Waals surface area (Å²) in [6.45, 7) is 2.19. The topological polar surface area (TPSA) is 24.4 Å². The molecule has 2 aliphatic rings. The van der Waals surface area contributed by atoms with E-state index in [1.54, 1.807) is 0 Å². The van der Waals surface area contributed by atoms with E-state index >= 15 is 0 Å². The minimum atomic E-state index is 1.04. The Morgan fingerprint density at radius 1 is 1.17 bits per heavy atom. The van der Waals surface area contributed by atoms with Gasteiger partial charge in [-0.1, -0.05) is 0 Å². The molecule has 0 aliphatic carbocycles. The van der Waals surface area contributed by atoms with Crippen molar-refractivity contribution in [2.24, 2.45) is 4.99 Å². The summed E-state index contributed by atoms with van der Waals surface area (Å²) in [5.74, 6) is 0. The first-order valence-electron chi connectivity index (χ1n) is 4.93. The maximum absolute atomic E-state index is 4.49. The minimum absolute atomic E-state index is 1.04. The molecule has 66 valence electrons. The summed E-state index contributed by atoms with van der Waals surface area (Å²) in [6.07, 6.45) is 8.55. The van der Waals surface area contributed by atoms with Gasteiger partial charge < -0.3 is 5.32 Å². The molecule has 0 bridgehead atoms. The van der Waals surface area contributed by atoms with Crippen molar-refractivity contribution in [3.05, 3.63) is 11.8 Å². The lowest BCUT2D eigenvalue weighted by Crippen LogP contribution is -2.08. The van der Waals surface area contributed by atoms with Crippen molar-refractivity contribution in [3.8, 4) is 0 Å². The van der Waals surface area contributed by atoms with Crippen LogP contribution in [0, 0.1) is 0 Å². The Kier molecular flexibility index (Phi) is 2.45. The first kappa shape index (κ1) is 7.84. The van der Waals surface area contributed by atoms with Gasteiger partial charge >= 0.3 is 0 Å². The van der Waals surface area contributed by atoms with Crippen LogP contribution in [-0.4, -0.2) is 18.8 Å². The zero-order valence-corrected chi connectivity index (χ0v) is 7.47. The molecule has 0 aromatic rings. The van der Waals surface area contributed by atoms with Gasteiger partial charge in [0.15, 0.2) is 0 Å². The molecule has 2 nitrogen and oxygen atoms in total. The quantitative estimate of drug-likeness (QED) is 0.628. The van der Waals surface area contributed by atoms with Gasteiger partial charge in [0.25, 0.3) is 0 Å². The zero-order chi connectivity index (χ0) is 8.23. The lowest BCUT2D eigenvalue weighted by atomic mass is 10.1. The van der Waals surface area contributed by atoms with Crippen LogP contribution in [0.4, 0.5) is 0 Å². The van der Waals surface area contributed by atoms with Crippen LogP contribution < -0.4 is 5.32 Å². The van der Waals surface area contributed by atoms with Crippen molar-refractivity contribution in [3.63, 3.8) is 0 Å². The Bertz CT molecular complexity index is 208. The molecular formula is C10H16N2. The van der Waals surface area contributed by atoms with E-state index in [2.05, 4.69) is 16.4 Å².